The van der Waals surface area contributed by atoms with E-state index in [4.69, 9.17) is 11.6 Å². The molecule has 104 valence electrons. The minimum absolute atomic E-state index is 0.0504. The van der Waals surface area contributed by atoms with Gasteiger partial charge in [0.05, 0.1) is 11.9 Å². The van der Waals surface area contributed by atoms with Crippen LogP contribution in [0.5, 0.6) is 0 Å². The number of anilines is 1. The van der Waals surface area contributed by atoms with Gasteiger partial charge < -0.3 is 10.6 Å². The van der Waals surface area contributed by atoms with Crippen LogP contribution >= 0.6 is 11.6 Å². The zero-order valence-electron chi connectivity index (χ0n) is 10.6. The van der Waals surface area contributed by atoms with Gasteiger partial charge in [-0.05, 0) is 19.3 Å². The van der Waals surface area contributed by atoms with Crippen LogP contribution in [-0.4, -0.2) is 33.5 Å². The predicted octanol–water partition coefficient (Wildman–Crippen LogP) is 1.12. The van der Waals surface area contributed by atoms with Gasteiger partial charge in [0.1, 0.15) is 6.54 Å². The maximum atomic E-state index is 11.6. The van der Waals surface area contributed by atoms with Crippen LogP contribution in [0.15, 0.2) is 12.4 Å². The van der Waals surface area contributed by atoms with Crippen molar-refractivity contribution in [3.8, 4) is 0 Å². The number of amides is 2. The van der Waals surface area contributed by atoms with Crippen LogP contribution in [0.3, 0.4) is 0 Å². The molecule has 0 spiro atoms. The lowest BCUT2D eigenvalue weighted by molar-refractivity contribution is -0.122. The molecule has 1 saturated carbocycles. The maximum absolute atomic E-state index is 11.6. The number of carbonyl (C=O) groups is 2. The molecule has 1 aliphatic rings. The molecule has 0 aliphatic heterocycles. The fourth-order valence-corrected chi connectivity index (χ4v) is 1.75. The molecule has 7 heteroatoms. The van der Waals surface area contributed by atoms with Gasteiger partial charge in [0.15, 0.2) is 0 Å². The number of hydrogen-bond donors (Lipinski definition) is 2. The van der Waals surface area contributed by atoms with Crippen molar-refractivity contribution in [1.82, 2.24) is 15.1 Å². The molecular formula is C12H17ClN4O2. The monoisotopic (exact) mass is 284 g/mol. The van der Waals surface area contributed by atoms with Gasteiger partial charge in [-0.2, -0.15) is 5.10 Å². The molecule has 2 amide bonds. The van der Waals surface area contributed by atoms with Gasteiger partial charge in [0.25, 0.3) is 0 Å². The Morgan fingerprint density at radius 2 is 2.21 bits per heavy atom. The van der Waals surface area contributed by atoms with Crippen LogP contribution in [0.25, 0.3) is 0 Å². The third-order valence-electron chi connectivity index (χ3n) is 2.70. The lowest BCUT2D eigenvalue weighted by Gasteiger charge is -2.03. The van der Waals surface area contributed by atoms with Gasteiger partial charge in [0, 0.05) is 24.5 Å². The number of carbonyl (C=O) groups excluding carboxylic acids is 2. The number of nitrogens with one attached hydrogen (secondary N) is 2. The minimum Gasteiger partial charge on any atom is -0.352 e. The van der Waals surface area contributed by atoms with Gasteiger partial charge in [-0.15, -0.1) is 11.6 Å². The van der Waals surface area contributed by atoms with E-state index in [1.165, 1.54) is 10.9 Å². The number of halogens is 1. The number of rotatable bonds is 7. The fraction of sp³-hybridized carbons (Fsp3) is 0.583. The third-order valence-corrected chi connectivity index (χ3v) is 2.97. The molecule has 0 radical (unpaired) electrons. The second kappa shape index (κ2) is 6.56. The molecule has 2 rings (SSSR count). The Morgan fingerprint density at radius 3 is 2.89 bits per heavy atom. The molecule has 1 aromatic rings. The molecule has 0 saturated heterocycles. The van der Waals surface area contributed by atoms with E-state index < -0.39 is 0 Å². The zero-order chi connectivity index (χ0) is 13.7. The van der Waals surface area contributed by atoms with E-state index in [0.717, 1.165) is 12.8 Å². The van der Waals surface area contributed by atoms with E-state index >= 15 is 0 Å². The number of aromatic nitrogens is 2. The van der Waals surface area contributed by atoms with Crippen LogP contribution in [0.2, 0.25) is 0 Å². The molecule has 0 bridgehead atoms. The smallest absolute Gasteiger partial charge is 0.241 e. The van der Waals surface area contributed by atoms with Crippen LogP contribution in [0.1, 0.15) is 25.7 Å². The van der Waals surface area contributed by atoms with Crippen LogP contribution in [0.4, 0.5) is 5.69 Å². The van der Waals surface area contributed by atoms with Crippen LogP contribution in [0, 0.1) is 0 Å². The average molecular weight is 285 g/mol. The van der Waals surface area contributed by atoms with Crippen molar-refractivity contribution in [2.75, 3.05) is 11.2 Å². The summed E-state index contributed by atoms with van der Waals surface area (Å²) in [6.07, 6.45) is 6.33. The quantitative estimate of drug-likeness (QED) is 0.737. The first-order valence-electron chi connectivity index (χ1n) is 6.35. The number of nitrogens with zero attached hydrogens (tertiary/aromatic N) is 2. The van der Waals surface area contributed by atoms with E-state index in [1.54, 1.807) is 6.20 Å². The van der Waals surface area contributed by atoms with Gasteiger partial charge in [-0.3, -0.25) is 14.3 Å². The second-order valence-electron chi connectivity index (χ2n) is 4.61. The molecule has 1 heterocycles. The highest BCUT2D eigenvalue weighted by atomic mass is 35.5. The SMILES string of the molecule is O=C(CCCCl)Nc1cnn(CC(=O)NC2CC2)c1. The first-order valence-corrected chi connectivity index (χ1v) is 6.88. The van der Waals surface area contributed by atoms with Crippen LogP contribution in [-0.2, 0) is 16.1 Å². The van der Waals surface area contributed by atoms with Crippen molar-refractivity contribution in [3.63, 3.8) is 0 Å². The molecule has 1 fully saturated rings. The predicted molar refractivity (Wildman–Crippen MR) is 72.0 cm³/mol. The molecule has 1 aromatic heterocycles. The summed E-state index contributed by atoms with van der Waals surface area (Å²) in [7, 11) is 0. The normalized spacial score (nSPS) is 14.2. The Morgan fingerprint density at radius 1 is 1.42 bits per heavy atom. The van der Waals surface area contributed by atoms with Crippen molar-refractivity contribution >= 4 is 29.1 Å². The minimum atomic E-state index is -0.0948. The van der Waals surface area contributed by atoms with Gasteiger partial charge in [0.2, 0.25) is 11.8 Å². The fourth-order valence-electron chi connectivity index (χ4n) is 1.61. The van der Waals surface area contributed by atoms with Crippen molar-refractivity contribution < 1.29 is 9.59 Å². The summed E-state index contributed by atoms with van der Waals surface area (Å²) < 4.78 is 1.51. The highest BCUT2D eigenvalue weighted by Gasteiger charge is 2.23. The van der Waals surface area contributed by atoms with E-state index in [9.17, 15) is 9.59 Å². The van der Waals surface area contributed by atoms with E-state index in [-0.39, 0.29) is 18.4 Å². The largest absolute Gasteiger partial charge is 0.352 e. The summed E-state index contributed by atoms with van der Waals surface area (Å²) >= 11 is 5.52. The molecule has 0 unspecified atom stereocenters. The molecule has 0 aromatic carbocycles. The molecule has 6 nitrogen and oxygen atoms in total. The van der Waals surface area contributed by atoms with E-state index in [0.29, 0.717) is 30.5 Å². The maximum Gasteiger partial charge on any atom is 0.241 e. The first kappa shape index (κ1) is 13.9. The Bertz CT molecular complexity index is 456. The Labute approximate surface area is 116 Å². The molecule has 1 aliphatic carbocycles. The summed E-state index contributed by atoms with van der Waals surface area (Å²) in [6, 6.07) is 0.345. The van der Waals surface area contributed by atoms with Crippen molar-refractivity contribution in [2.24, 2.45) is 0 Å². The highest BCUT2D eigenvalue weighted by Crippen LogP contribution is 2.18. The summed E-state index contributed by atoms with van der Waals surface area (Å²) in [5, 5.41) is 9.62. The van der Waals surface area contributed by atoms with Gasteiger partial charge in [-0.25, -0.2) is 0 Å². The summed E-state index contributed by atoms with van der Waals surface area (Å²) in [6.45, 7) is 0.175. The average Bonchev–Trinajstić information content (AvgIpc) is 3.07. The molecule has 0 atom stereocenters. The number of hydrogen-bond acceptors (Lipinski definition) is 3. The topological polar surface area (TPSA) is 76.0 Å². The third kappa shape index (κ3) is 4.90. The van der Waals surface area contributed by atoms with Crippen molar-refractivity contribution in [3.05, 3.63) is 12.4 Å². The Hall–Kier alpha value is -1.56. The van der Waals surface area contributed by atoms with Gasteiger partial charge in [-0.1, -0.05) is 0 Å². The van der Waals surface area contributed by atoms with Gasteiger partial charge >= 0.3 is 0 Å². The standard InChI is InChI=1S/C12H17ClN4O2/c13-5-1-2-11(18)16-10-6-14-17(7-10)8-12(19)15-9-3-4-9/h6-7,9H,1-5,8H2,(H,15,19)(H,16,18). The number of alkyl halides is 1. The second-order valence-corrected chi connectivity index (χ2v) is 4.99. The molecule has 19 heavy (non-hydrogen) atoms. The molecule has 2 N–H and O–H groups in total. The lowest BCUT2D eigenvalue weighted by Crippen LogP contribution is -2.29. The highest BCUT2D eigenvalue weighted by molar-refractivity contribution is 6.18. The summed E-state index contributed by atoms with van der Waals surface area (Å²) in [5.74, 6) is 0.321. The zero-order valence-corrected chi connectivity index (χ0v) is 11.3. The lowest BCUT2D eigenvalue weighted by atomic mass is 10.3. The summed E-state index contributed by atoms with van der Waals surface area (Å²) in [5.41, 5.74) is 0.596. The van der Waals surface area contributed by atoms with E-state index in [1.807, 2.05) is 0 Å². The Kier molecular flexibility index (Phi) is 4.79. The molecular weight excluding hydrogens is 268 g/mol. The summed E-state index contributed by atoms with van der Waals surface area (Å²) in [4.78, 5) is 23.0. The Balaban J connectivity index is 1.77. The van der Waals surface area contributed by atoms with Crippen LogP contribution < -0.4 is 10.6 Å². The van der Waals surface area contributed by atoms with Crippen molar-refractivity contribution in [1.29, 1.82) is 0 Å². The first-order chi connectivity index (χ1) is 9.17. The van der Waals surface area contributed by atoms with Crippen molar-refractivity contribution in [2.45, 2.75) is 38.3 Å². The van der Waals surface area contributed by atoms with E-state index in [2.05, 4.69) is 15.7 Å².